The number of rotatable bonds is 6. The highest BCUT2D eigenvalue weighted by atomic mass is 19.3. The van der Waals surface area contributed by atoms with Gasteiger partial charge in [-0.05, 0) is 36.6 Å². The monoisotopic (exact) mass is 330 g/mol. The van der Waals surface area contributed by atoms with Gasteiger partial charge in [0.2, 0.25) is 11.7 Å². The molecule has 0 aromatic heterocycles. The highest BCUT2D eigenvalue weighted by molar-refractivity contribution is 6.11. The van der Waals surface area contributed by atoms with E-state index in [0.29, 0.717) is 19.5 Å². The second-order valence-corrected chi connectivity index (χ2v) is 5.36. The molecule has 1 heterocycles. The molecule has 3 N–H and O–H groups in total. The third kappa shape index (κ3) is 3.31. The number of ketones is 1. The van der Waals surface area contributed by atoms with Crippen LogP contribution in [-0.4, -0.2) is 44.5 Å². The van der Waals surface area contributed by atoms with E-state index < -0.39 is 29.9 Å². The Kier molecular flexibility index (Phi) is 4.93. The lowest BCUT2D eigenvalue weighted by molar-refractivity contribution is -0.00511. The van der Waals surface area contributed by atoms with Crippen LogP contribution in [-0.2, 0) is 0 Å². The Hall–Kier alpha value is -2.09. The lowest BCUT2D eigenvalue weighted by atomic mass is 9.86. The fourth-order valence-electron chi connectivity index (χ4n) is 2.69. The van der Waals surface area contributed by atoms with E-state index in [2.05, 4.69) is 5.32 Å². The number of halogens is 3. The maximum absolute atomic E-state index is 13.6. The number of Topliss-reactive ketones (excluding diaryl/α,β-unsaturated/α-hetero) is 1. The molecule has 126 valence electrons. The van der Waals surface area contributed by atoms with Crippen molar-refractivity contribution >= 4 is 11.7 Å². The van der Waals surface area contributed by atoms with Gasteiger partial charge in [0.25, 0.3) is 0 Å². The predicted molar refractivity (Wildman–Crippen MR) is 77.0 cm³/mol. The SMILES string of the molecule is COc1cc(C(N)=O)c(C(=O)C(F)(F)CF)c(C2CCNC2)c1. The Morgan fingerprint density at radius 3 is 2.61 bits per heavy atom. The molecule has 1 aromatic carbocycles. The van der Waals surface area contributed by atoms with Gasteiger partial charge in [0, 0.05) is 12.1 Å². The number of hydrogen-bond donors (Lipinski definition) is 2. The molecule has 0 spiro atoms. The zero-order chi connectivity index (χ0) is 17.2. The lowest BCUT2D eigenvalue weighted by Gasteiger charge is -2.21. The Labute approximate surface area is 131 Å². The molecule has 23 heavy (non-hydrogen) atoms. The number of ether oxygens (including phenoxy) is 1. The van der Waals surface area contributed by atoms with Gasteiger partial charge in [0.1, 0.15) is 5.75 Å². The van der Waals surface area contributed by atoms with E-state index in [4.69, 9.17) is 10.5 Å². The number of benzene rings is 1. The van der Waals surface area contributed by atoms with Crippen molar-refractivity contribution in [1.29, 1.82) is 0 Å². The molecule has 0 bridgehead atoms. The fraction of sp³-hybridized carbons (Fsp3) is 0.467. The number of hydrogen-bond acceptors (Lipinski definition) is 4. The number of nitrogens with two attached hydrogens (primary N) is 1. The van der Waals surface area contributed by atoms with Gasteiger partial charge in [0.15, 0.2) is 6.67 Å². The van der Waals surface area contributed by atoms with Crippen LogP contribution in [0.1, 0.15) is 38.6 Å². The number of carbonyl (C=O) groups excluding carboxylic acids is 2. The number of alkyl halides is 3. The van der Waals surface area contributed by atoms with E-state index in [-0.39, 0.29) is 22.8 Å². The van der Waals surface area contributed by atoms with E-state index in [1.165, 1.54) is 13.2 Å². The molecule has 2 rings (SSSR count). The number of nitrogens with one attached hydrogen (secondary N) is 1. The van der Waals surface area contributed by atoms with E-state index >= 15 is 0 Å². The summed E-state index contributed by atoms with van der Waals surface area (Å²) in [6, 6.07) is 2.54. The highest BCUT2D eigenvalue weighted by Crippen LogP contribution is 2.35. The van der Waals surface area contributed by atoms with Gasteiger partial charge in [-0.1, -0.05) is 0 Å². The lowest BCUT2D eigenvalue weighted by Crippen LogP contribution is -2.34. The predicted octanol–water partition coefficient (Wildman–Crippen LogP) is 1.66. The molecule has 1 aliphatic rings. The maximum atomic E-state index is 13.6. The third-order valence-corrected chi connectivity index (χ3v) is 3.87. The Bertz CT molecular complexity index is 629. The molecular formula is C15H17F3N2O3. The first-order valence-corrected chi connectivity index (χ1v) is 7.03. The summed E-state index contributed by atoms with van der Waals surface area (Å²) in [7, 11) is 1.34. The first kappa shape index (κ1) is 17.3. The summed E-state index contributed by atoms with van der Waals surface area (Å²) < 4.78 is 44.8. The van der Waals surface area contributed by atoms with Crippen molar-refractivity contribution in [3.63, 3.8) is 0 Å². The standard InChI is InChI=1S/C15H17F3N2O3/c1-23-9-4-10(8-2-3-20-6-8)12(11(5-9)14(19)22)13(21)15(17,18)7-16/h4-5,8,20H,2-3,6-7H2,1H3,(H2,19,22). The summed E-state index contributed by atoms with van der Waals surface area (Å²) in [6.45, 7) is -1.05. The Morgan fingerprint density at radius 1 is 1.43 bits per heavy atom. The van der Waals surface area contributed by atoms with Crippen LogP contribution in [0.25, 0.3) is 0 Å². The van der Waals surface area contributed by atoms with Crippen LogP contribution in [0.3, 0.4) is 0 Å². The van der Waals surface area contributed by atoms with Crippen molar-refractivity contribution in [3.8, 4) is 5.75 Å². The molecule has 1 atom stereocenters. The number of methoxy groups -OCH3 is 1. The van der Waals surface area contributed by atoms with Crippen molar-refractivity contribution in [3.05, 3.63) is 28.8 Å². The molecule has 1 saturated heterocycles. The van der Waals surface area contributed by atoms with Crippen molar-refractivity contribution in [1.82, 2.24) is 5.32 Å². The normalized spacial score (nSPS) is 18.0. The van der Waals surface area contributed by atoms with E-state index in [1.54, 1.807) is 0 Å². The molecule has 1 aliphatic heterocycles. The van der Waals surface area contributed by atoms with Gasteiger partial charge >= 0.3 is 5.92 Å². The smallest absolute Gasteiger partial charge is 0.337 e. The zero-order valence-corrected chi connectivity index (χ0v) is 12.5. The molecule has 1 aromatic rings. The van der Waals surface area contributed by atoms with Crippen LogP contribution >= 0.6 is 0 Å². The minimum absolute atomic E-state index is 0.223. The minimum Gasteiger partial charge on any atom is -0.497 e. The summed E-state index contributed by atoms with van der Waals surface area (Å²) in [4.78, 5) is 23.8. The average molecular weight is 330 g/mol. The molecule has 5 nitrogen and oxygen atoms in total. The zero-order valence-electron chi connectivity index (χ0n) is 12.5. The molecule has 0 aliphatic carbocycles. The van der Waals surface area contributed by atoms with Crippen molar-refractivity contribution in [2.45, 2.75) is 18.3 Å². The second kappa shape index (κ2) is 6.57. The molecule has 8 heteroatoms. The van der Waals surface area contributed by atoms with E-state index in [9.17, 15) is 22.8 Å². The van der Waals surface area contributed by atoms with Gasteiger partial charge in [-0.25, -0.2) is 4.39 Å². The number of amides is 1. The molecule has 1 fully saturated rings. The fourth-order valence-corrected chi connectivity index (χ4v) is 2.69. The van der Waals surface area contributed by atoms with Crippen LogP contribution in [0.2, 0.25) is 0 Å². The van der Waals surface area contributed by atoms with E-state index in [0.717, 1.165) is 6.07 Å². The highest BCUT2D eigenvalue weighted by Gasteiger charge is 2.43. The summed E-state index contributed by atoms with van der Waals surface area (Å²) in [6.07, 6.45) is 0.590. The van der Waals surface area contributed by atoms with Crippen LogP contribution in [0, 0.1) is 0 Å². The summed E-state index contributed by atoms with van der Waals surface area (Å²) >= 11 is 0. The van der Waals surface area contributed by atoms with Crippen LogP contribution < -0.4 is 15.8 Å². The summed E-state index contributed by atoms with van der Waals surface area (Å²) in [5.74, 6) is -7.04. The first-order chi connectivity index (χ1) is 10.8. The second-order valence-electron chi connectivity index (χ2n) is 5.36. The summed E-state index contributed by atoms with van der Waals surface area (Å²) in [5, 5.41) is 3.05. The molecule has 1 unspecified atom stereocenters. The van der Waals surface area contributed by atoms with Crippen LogP contribution in [0.4, 0.5) is 13.2 Å². The maximum Gasteiger partial charge on any atom is 0.337 e. The summed E-state index contributed by atoms with van der Waals surface area (Å²) in [5.41, 5.74) is 4.55. The topological polar surface area (TPSA) is 81.4 Å². The van der Waals surface area contributed by atoms with Crippen molar-refractivity contribution in [2.75, 3.05) is 26.9 Å². The largest absolute Gasteiger partial charge is 0.497 e. The Balaban J connectivity index is 2.69. The third-order valence-electron chi connectivity index (χ3n) is 3.87. The number of primary amides is 1. The molecule has 0 radical (unpaired) electrons. The number of carbonyl (C=O) groups is 2. The van der Waals surface area contributed by atoms with E-state index in [1.807, 2.05) is 0 Å². The minimum atomic E-state index is -4.21. The van der Waals surface area contributed by atoms with Gasteiger partial charge in [-0.2, -0.15) is 8.78 Å². The quantitative estimate of drug-likeness (QED) is 0.777. The van der Waals surface area contributed by atoms with Crippen LogP contribution in [0.5, 0.6) is 5.75 Å². The van der Waals surface area contributed by atoms with Gasteiger partial charge in [-0.3, -0.25) is 9.59 Å². The first-order valence-electron chi connectivity index (χ1n) is 7.03. The van der Waals surface area contributed by atoms with Gasteiger partial charge in [0.05, 0.1) is 12.7 Å². The van der Waals surface area contributed by atoms with Crippen molar-refractivity contribution in [2.24, 2.45) is 5.73 Å². The Morgan fingerprint density at radius 2 is 2.13 bits per heavy atom. The molecule has 1 amide bonds. The molecule has 0 saturated carbocycles. The van der Waals surface area contributed by atoms with Crippen LogP contribution in [0.15, 0.2) is 12.1 Å². The van der Waals surface area contributed by atoms with Crippen molar-refractivity contribution < 1.29 is 27.5 Å². The van der Waals surface area contributed by atoms with Gasteiger partial charge in [-0.15, -0.1) is 0 Å². The molecular weight excluding hydrogens is 313 g/mol. The average Bonchev–Trinajstić information content (AvgIpc) is 3.07. The van der Waals surface area contributed by atoms with Gasteiger partial charge < -0.3 is 15.8 Å².